The van der Waals surface area contributed by atoms with E-state index in [1.54, 1.807) is 48.5 Å². The van der Waals surface area contributed by atoms with Crippen molar-refractivity contribution in [2.75, 3.05) is 5.32 Å². The molecular weight excluding hydrogens is 398 g/mol. The largest absolute Gasteiger partial charge is 0.491 e. The average Bonchev–Trinajstić information content (AvgIpc) is 3.03. The highest BCUT2D eigenvalue weighted by Crippen LogP contribution is 2.30. The first kappa shape index (κ1) is 19.3. The second-order valence-corrected chi connectivity index (χ2v) is 6.65. The Balaban J connectivity index is 1.78. The number of azo groups is 1. The summed E-state index contributed by atoms with van der Waals surface area (Å²) in [7, 11) is 0. The van der Waals surface area contributed by atoms with Crippen molar-refractivity contribution < 1.29 is 5.11 Å². The van der Waals surface area contributed by atoms with E-state index in [1.165, 1.54) is 9.13 Å². The molecule has 0 aliphatic heterocycles. The number of benzene rings is 3. The molecule has 7 nitrogen and oxygen atoms in total. The van der Waals surface area contributed by atoms with Crippen LogP contribution in [-0.4, -0.2) is 19.4 Å². The van der Waals surface area contributed by atoms with Gasteiger partial charge in [-0.2, -0.15) is 0 Å². The predicted octanol–water partition coefficient (Wildman–Crippen LogP) is 4.81. The van der Waals surface area contributed by atoms with E-state index in [2.05, 4.69) is 15.5 Å². The number of aromatic nitrogens is 2. The van der Waals surface area contributed by atoms with E-state index in [9.17, 15) is 9.90 Å². The maximum atomic E-state index is 13.2. The van der Waals surface area contributed by atoms with E-state index in [-0.39, 0.29) is 16.8 Å². The summed E-state index contributed by atoms with van der Waals surface area (Å²) in [6.45, 7) is 0. The van der Waals surface area contributed by atoms with Crippen molar-refractivity contribution in [2.45, 2.75) is 0 Å². The van der Waals surface area contributed by atoms with Crippen molar-refractivity contribution in [3.8, 4) is 17.3 Å². The quantitative estimate of drug-likeness (QED) is 0.370. The lowest BCUT2D eigenvalue weighted by atomic mass is 10.3. The molecule has 0 unspecified atom stereocenters. The number of rotatable bonds is 4. The van der Waals surface area contributed by atoms with Crippen LogP contribution in [0.2, 0.25) is 0 Å². The lowest BCUT2D eigenvalue weighted by Crippen LogP contribution is -2.21. The van der Waals surface area contributed by atoms with Crippen LogP contribution in [0, 0.1) is 0 Å². The molecule has 0 saturated heterocycles. The second-order valence-electron chi connectivity index (χ2n) is 6.27. The van der Waals surface area contributed by atoms with Crippen LogP contribution in [0.1, 0.15) is 0 Å². The average molecular weight is 415 g/mol. The molecule has 0 atom stereocenters. The van der Waals surface area contributed by atoms with Crippen LogP contribution in [0.3, 0.4) is 0 Å². The first-order chi connectivity index (χ1) is 14.6. The Morgan fingerprint density at radius 3 is 1.87 bits per heavy atom. The summed E-state index contributed by atoms with van der Waals surface area (Å²) in [5, 5.41) is 22.0. The zero-order chi connectivity index (χ0) is 20.9. The van der Waals surface area contributed by atoms with Crippen LogP contribution in [-0.2, 0) is 0 Å². The monoisotopic (exact) mass is 415 g/mol. The van der Waals surface area contributed by atoms with Crippen molar-refractivity contribution in [1.82, 2.24) is 9.13 Å². The fourth-order valence-electron chi connectivity index (χ4n) is 2.95. The van der Waals surface area contributed by atoms with Gasteiger partial charge in [0.1, 0.15) is 0 Å². The van der Waals surface area contributed by atoms with Crippen LogP contribution in [0.25, 0.3) is 11.4 Å². The molecule has 0 amide bonds. The highest BCUT2D eigenvalue weighted by molar-refractivity contribution is 7.80. The van der Waals surface area contributed by atoms with Gasteiger partial charge in [0.25, 0.3) is 0 Å². The second kappa shape index (κ2) is 8.54. The first-order valence-corrected chi connectivity index (χ1v) is 9.51. The zero-order valence-electron chi connectivity index (χ0n) is 15.7. The van der Waals surface area contributed by atoms with Crippen LogP contribution >= 0.6 is 12.2 Å². The molecule has 0 radical (unpaired) electrons. The summed E-state index contributed by atoms with van der Waals surface area (Å²) >= 11 is 5.22. The van der Waals surface area contributed by atoms with Gasteiger partial charge in [-0.25, -0.2) is 13.9 Å². The van der Waals surface area contributed by atoms with Gasteiger partial charge in [0.15, 0.2) is 0 Å². The molecule has 0 fully saturated rings. The third-order valence-corrected chi connectivity index (χ3v) is 4.48. The lowest BCUT2D eigenvalue weighted by molar-refractivity contribution is 0.442. The third kappa shape index (κ3) is 3.89. The van der Waals surface area contributed by atoms with E-state index in [1.807, 2.05) is 42.5 Å². The van der Waals surface area contributed by atoms with Crippen molar-refractivity contribution >= 4 is 28.8 Å². The number of hydrogen-bond acceptors (Lipinski definition) is 4. The zero-order valence-corrected chi connectivity index (χ0v) is 16.5. The Hall–Kier alpha value is -4.04. The van der Waals surface area contributed by atoms with Gasteiger partial charge in [-0.15, -0.1) is 10.2 Å². The normalized spacial score (nSPS) is 10.9. The number of aromatic hydroxyl groups is 1. The van der Waals surface area contributed by atoms with Crippen molar-refractivity contribution in [1.29, 1.82) is 0 Å². The molecular formula is C22H17N5O2S. The topological polar surface area (TPSA) is 83.9 Å². The molecule has 1 aromatic heterocycles. The molecule has 148 valence electrons. The molecule has 0 saturated carbocycles. The van der Waals surface area contributed by atoms with Crippen LogP contribution in [0.4, 0.5) is 11.5 Å². The minimum Gasteiger partial charge on any atom is -0.491 e. The Bertz CT molecular complexity index is 1250. The van der Waals surface area contributed by atoms with E-state index in [4.69, 9.17) is 12.2 Å². The lowest BCUT2D eigenvalue weighted by Gasteiger charge is -2.04. The first-order valence-electron chi connectivity index (χ1n) is 9.10. The third-order valence-electron chi connectivity index (χ3n) is 4.30. The maximum absolute atomic E-state index is 13.2. The van der Waals surface area contributed by atoms with Crippen LogP contribution in [0.15, 0.2) is 106 Å². The molecule has 8 heteroatoms. The standard InChI is InChI=1S/C22H17N5O2S/c28-20-19(24-25-21(30)23-16-10-4-1-5-11-16)26(17-12-6-2-7-13-17)22(29)27(20)18-14-8-3-9-15-18/h1-15,28H,(H,23,30)/b25-24+. The highest BCUT2D eigenvalue weighted by Gasteiger charge is 2.22. The van der Waals surface area contributed by atoms with Gasteiger partial charge in [0.05, 0.1) is 11.4 Å². The predicted molar refractivity (Wildman–Crippen MR) is 120 cm³/mol. The van der Waals surface area contributed by atoms with Gasteiger partial charge >= 0.3 is 5.69 Å². The molecule has 4 rings (SSSR count). The Kier molecular flexibility index (Phi) is 5.49. The summed E-state index contributed by atoms with van der Waals surface area (Å²) < 4.78 is 2.46. The Morgan fingerprint density at radius 2 is 1.30 bits per heavy atom. The van der Waals surface area contributed by atoms with Crippen molar-refractivity contribution in [3.05, 3.63) is 101 Å². The number of hydrogen-bond donors (Lipinski definition) is 2. The van der Waals surface area contributed by atoms with Crippen molar-refractivity contribution in [2.24, 2.45) is 10.2 Å². The van der Waals surface area contributed by atoms with Gasteiger partial charge in [0.2, 0.25) is 16.8 Å². The van der Waals surface area contributed by atoms with E-state index < -0.39 is 5.69 Å². The number of para-hydroxylation sites is 3. The maximum Gasteiger partial charge on any atom is 0.342 e. The molecule has 3 aromatic carbocycles. The summed E-state index contributed by atoms with van der Waals surface area (Å²) in [5.41, 5.74) is 1.34. The molecule has 1 heterocycles. The highest BCUT2D eigenvalue weighted by atomic mass is 32.1. The molecule has 0 bridgehead atoms. The minimum absolute atomic E-state index is 0.0211. The number of imidazole rings is 1. The summed E-state index contributed by atoms with van der Waals surface area (Å²) in [6.07, 6.45) is 0. The number of nitrogens with zero attached hydrogens (tertiary/aromatic N) is 4. The Morgan fingerprint density at radius 1 is 0.800 bits per heavy atom. The van der Waals surface area contributed by atoms with E-state index in [0.29, 0.717) is 11.4 Å². The molecule has 2 N–H and O–H groups in total. The van der Waals surface area contributed by atoms with E-state index in [0.717, 1.165) is 5.69 Å². The van der Waals surface area contributed by atoms with Gasteiger partial charge in [-0.1, -0.05) is 54.6 Å². The molecule has 0 spiro atoms. The van der Waals surface area contributed by atoms with Crippen LogP contribution < -0.4 is 11.0 Å². The summed E-state index contributed by atoms with van der Waals surface area (Å²) in [6, 6.07) is 27.0. The summed E-state index contributed by atoms with van der Waals surface area (Å²) in [5.74, 6) is -0.353. The number of thiocarbonyl (C=S) groups is 1. The van der Waals surface area contributed by atoms with Gasteiger partial charge < -0.3 is 10.4 Å². The van der Waals surface area contributed by atoms with Gasteiger partial charge in [-0.05, 0) is 48.6 Å². The van der Waals surface area contributed by atoms with Crippen molar-refractivity contribution in [3.63, 3.8) is 0 Å². The minimum atomic E-state index is -0.471. The number of anilines is 1. The Labute approximate surface area is 177 Å². The fourth-order valence-corrected chi connectivity index (χ4v) is 3.11. The van der Waals surface area contributed by atoms with Gasteiger partial charge in [-0.3, -0.25) is 0 Å². The van der Waals surface area contributed by atoms with E-state index >= 15 is 0 Å². The van der Waals surface area contributed by atoms with Gasteiger partial charge in [0, 0.05) is 5.69 Å². The fraction of sp³-hybridized carbons (Fsp3) is 0. The molecule has 4 aromatic rings. The molecule has 0 aliphatic rings. The molecule has 0 aliphatic carbocycles. The smallest absolute Gasteiger partial charge is 0.342 e. The molecule has 30 heavy (non-hydrogen) atoms. The number of nitrogens with one attached hydrogen (secondary N) is 1. The SMILES string of the molecule is O=c1n(-c2ccccc2)c(O)c(/N=N/C(=S)Nc2ccccc2)n1-c1ccccc1. The summed E-state index contributed by atoms with van der Waals surface area (Å²) in [4.78, 5) is 13.2. The van der Waals surface area contributed by atoms with Crippen LogP contribution in [0.5, 0.6) is 5.88 Å².